The van der Waals surface area contributed by atoms with E-state index >= 15 is 0 Å². The van der Waals surface area contributed by atoms with E-state index in [1.165, 1.54) is 0 Å². The van der Waals surface area contributed by atoms with Crippen molar-refractivity contribution in [3.63, 3.8) is 0 Å². The van der Waals surface area contributed by atoms with Gasteiger partial charge in [-0.2, -0.15) is 0 Å². The minimum atomic E-state index is 1.06. The summed E-state index contributed by atoms with van der Waals surface area (Å²) in [7, 11) is 0. The Morgan fingerprint density at radius 1 is 1.25 bits per heavy atom. The predicted molar refractivity (Wildman–Crippen MR) is 54.6 cm³/mol. The molecule has 2 aromatic heterocycles. The van der Waals surface area contributed by atoms with E-state index in [9.17, 15) is 0 Å². The van der Waals surface area contributed by atoms with Gasteiger partial charge in [0.1, 0.15) is 5.01 Å². The Kier molecular flexibility index (Phi) is 3.90. The molecule has 0 saturated heterocycles. The molecule has 2 rings (SSSR count). The molecule has 0 aliphatic heterocycles. The monoisotopic (exact) mass is 198 g/mol. The van der Waals surface area contributed by atoms with E-state index in [0.29, 0.717) is 0 Å². The zero-order valence-electron chi connectivity index (χ0n) is 7.02. The summed E-state index contributed by atoms with van der Waals surface area (Å²) >= 11 is 3.26. The maximum atomic E-state index is 4.15. The first kappa shape index (κ1) is 9.35. The van der Waals surface area contributed by atoms with Crippen LogP contribution in [0.3, 0.4) is 0 Å². The van der Waals surface area contributed by atoms with Crippen molar-refractivity contribution in [3.8, 4) is 9.88 Å². The van der Waals surface area contributed by atoms with Gasteiger partial charge in [-0.05, 0) is 0 Å². The molecule has 0 aliphatic rings. The lowest BCUT2D eigenvalue weighted by Crippen LogP contribution is -1.64. The quantitative estimate of drug-likeness (QED) is 0.702. The lowest BCUT2D eigenvalue weighted by molar-refractivity contribution is 1.39. The molecule has 0 fully saturated rings. The fourth-order valence-corrected chi connectivity index (χ4v) is 2.01. The van der Waals surface area contributed by atoms with Crippen LogP contribution in [0.5, 0.6) is 0 Å². The van der Waals surface area contributed by atoms with E-state index in [2.05, 4.69) is 9.97 Å². The summed E-state index contributed by atoms with van der Waals surface area (Å²) in [4.78, 5) is 9.26. The van der Waals surface area contributed by atoms with E-state index < -0.39 is 0 Å². The molecule has 64 valence electrons. The van der Waals surface area contributed by atoms with Crippen LogP contribution in [0.4, 0.5) is 0 Å². The second-order valence-corrected chi connectivity index (χ2v) is 3.48. The van der Waals surface area contributed by atoms with Crippen LogP contribution < -0.4 is 0 Å². The van der Waals surface area contributed by atoms with Gasteiger partial charge in [-0.15, -0.1) is 22.7 Å². The molecule has 0 unspecified atom stereocenters. The number of hydrogen-bond acceptors (Lipinski definition) is 4. The maximum absolute atomic E-state index is 4.15. The van der Waals surface area contributed by atoms with Gasteiger partial charge < -0.3 is 0 Å². The molecule has 2 nitrogen and oxygen atoms in total. The summed E-state index contributed by atoms with van der Waals surface area (Å²) in [6, 6.07) is 0. The van der Waals surface area contributed by atoms with Crippen molar-refractivity contribution in [3.05, 3.63) is 23.3 Å². The van der Waals surface area contributed by atoms with Crippen LogP contribution in [0.25, 0.3) is 9.88 Å². The van der Waals surface area contributed by atoms with Gasteiger partial charge in [0.2, 0.25) is 0 Å². The molecule has 0 aromatic carbocycles. The third kappa shape index (κ3) is 2.12. The Morgan fingerprint density at radius 3 is 2.58 bits per heavy atom. The van der Waals surface area contributed by atoms with Crippen molar-refractivity contribution < 1.29 is 0 Å². The highest BCUT2D eigenvalue weighted by Gasteiger charge is 1.99. The van der Waals surface area contributed by atoms with Crippen LogP contribution >= 0.6 is 22.7 Å². The van der Waals surface area contributed by atoms with Crippen molar-refractivity contribution in [2.24, 2.45) is 0 Å². The van der Waals surface area contributed by atoms with Crippen LogP contribution in [0.1, 0.15) is 13.8 Å². The Bertz CT molecular complexity index is 254. The van der Waals surface area contributed by atoms with E-state index in [-0.39, 0.29) is 0 Å². The zero-order valence-corrected chi connectivity index (χ0v) is 8.65. The van der Waals surface area contributed by atoms with E-state index in [1.54, 1.807) is 28.9 Å². The molecule has 0 saturated carbocycles. The average molecular weight is 198 g/mol. The largest absolute Gasteiger partial charge is 0.252 e. The Hall–Kier alpha value is -0.740. The minimum absolute atomic E-state index is 1.06. The molecule has 0 spiro atoms. The van der Waals surface area contributed by atoms with Crippen LogP contribution in [0.15, 0.2) is 23.3 Å². The van der Waals surface area contributed by atoms with Gasteiger partial charge in [-0.3, -0.25) is 4.98 Å². The van der Waals surface area contributed by atoms with Gasteiger partial charge >= 0.3 is 0 Å². The molecule has 2 heterocycles. The molecule has 12 heavy (non-hydrogen) atoms. The summed E-state index contributed by atoms with van der Waals surface area (Å²) < 4.78 is 0. The molecule has 0 amide bonds. The van der Waals surface area contributed by atoms with Crippen molar-refractivity contribution >= 4 is 22.7 Å². The first-order chi connectivity index (χ1) is 5.97. The van der Waals surface area contributed by atoms with Crippen LogP contribution in [0, 0.1) is 0 Å². The van der Waals surface area contributed by atoms with E-state index in [4.69, 9.17) is 0 Å². The number of nitrogens with zero attached hydrogens (tertiary/aromatic N) is 2. The average Bonchev–Trinajstić information content (AvgIpc) is 2.80. The van der Waals surface area contributed by atoms with Crippen molar-refractivity contribution in [1.29, 1.82) is 0 Å². The zero-order chi connectivity index (χ0) is 8.81. The smallest absolute Gasteiger partial charge is 0.134 e. The highest BCUT2D eigenvalue weighted by molar-refractivity contribution is 7.19. The molecule has 0 radical (unpaired) electrons. The van der Waals surface area contributed by atoms with Gasteiger partial charge in [0.25, 0.3) is 0 Å². The van der Waals surface area contributed by atoms with Crippen molar-refractivity contribution in [1.82, 2.24) is 9.97 Å². The molecule has 0 aliphatic carbocycles. The van der Waals surface area contributed by atoms with Gasteiger partial charge in [0.05, 0.1) is 10.4 Å². The molecule has 2 aromatic rings. The molecular weight excluding hydrogens is 188 g/mol. The van der Waals surface area contributed by atoms with Gasteiger partial charge in [-0.25, -0.2) is 4.98 Å². The second-order valence-electron chi connectivity index (χ2n) is 1.70. The first-order valence-corrected chi connectivity index (χ1v) is 5.51. The van der Waals surface area contributed by atoms with Crippen molar-refractivity contribution in [2.75, 3.05) is 0 Å². The first-order valence-electron chi connectivity index (χ1n) is 3.75. The Balaban J connectivity index is 0.000000336. The fourth-order valence-electron chi connectivity index (χ4n) is 0.667. The lowest BCUT2D eigenvalue weighted by Gasteiger charge is -1.81. The van der Waals surface area contributed by atoms with Crippen LogP contribution in [-0.4, -0.2) is 9.97 Å². The summed E-state index contributed by atoms with van der Waals surface area (Å²) in [6.07, 6.45) is 3.64. The van der Waals surface area contributed by atoms with E-state index in [1.807, 2.05) is 30.9 Å². The molecule has 4 heteroatoms. The second kappa shape index (κ2) is 5.00. The lowest BCUT2D eigenvalue weighted by atomic mass is 10.6. The topological polar surface area (TPSA) is 25.8 Å². The van der Waals surface area contributed by atoms with Crippen LogP contribution in [-0.2, 0) is 0 Å². The maximum Gasteiger partial charge on any atom is 0.134 e. The van der Waals surface area contributed by atoms with Gasteiger partial charge in [-0.1, -0.05) is 13.8 Å². The van der Waals surface area contributed by atoms with Crippen molar-refractivity contribution in [2.45, 2.75) is 13.8 Å². The summed E-state index contributed by atoms with van der Waals surface area (Å²) in [5, 5.41) is 3.03. The molecular formula is C8H10N2S2. The number of hydrogen-bond donors (Lipinski definition) is 0. The minimum Gasteiger partial charge on any atom is -0.252 e. The highest BCUT2D eigenvalue weighted by Crippen LogP contribution is 2.24. The Morgan fingerprint density at radius 2 is 2.08 bits per heavy atom. The number of aromatic nitrogens is 2. The van der Waals surface area contributed by atoms with Gasteiger partial charge in [0, 0.05) is 17.8 Å². The summed E-state index contributed by atoms with van der Waals surface area (Å²) in [5.74, 6) is 0. The van der Waals surface area contributed by atoms with Crippen LogP contribution in [0.2, 0.25) is 0 Å². The molecule has 0 N–H and O–H groups in total. The number of thiazole rings is 2. The van der Waals surface area contributed by atoms with Gasteiger partial charge in [0.15, 0.2) is 0 Å². The fraction of sp³-hybridized carbons (Fsp3) is 0.250. The summed E-state index contributed by atoms with van der Waals surface area (Å²) in [5.41, 5.74) is 1.82. The predicted octanol–water partition coefficient (Wildman–Crippen LogP) is 3.29. The van der Waals surface area contributed by atoms with E-state index in [0.717, 1.165) is 9.88 Å². The summed E-state index contributed by atoms with van der Waals surface area (Å²) in [6.45, 7) is 4.00. The normalized spacial score (nSPS) is 8.83. The number of rotatable bonds is 1. The Labute approximate surface area is 79.9 Å². The molecule has 0 bridgehead atoms. The molecule has 0 atom stereocenters. The standard InChI is InChI=1S/C6H4N2S2.C2H6/c1-2-9-6(8-1)5-3-7-4-10-5;1-2/h1-4H;1-2H3. The third-order valence-corrected chi connectivity index (χ3v) is 2.79. The third-order valence-electron chi connectivity index (χ3n) is 1.08. The SMILES string of the molecule is CC.c1csc(-c2cncs2)n1. The highest BCUT2D eigenvalue weighted by atomic mass is 32.1.